The van der Waals surface area contributed by atoms with Crippen molar-refractivity contribution >= 4 is 18.1 Å². The predicted octanol–water partition coefficient (Wildman–Crippen LogP) is 2.53. The van der Waals surface area contributed by atoms with E-state index in [0.717, 1.165) is 10.5 Å². The lowest BCUT2D eigenvalue weighted by Crippen LogP contribution is -2.35. The van der Waals surface area contributed by atoms with Crippen LogP contribution in [0.15, 0.2) is 48.5 Å². The van der Waals surface area contributed by atoms with E-state index < -0.39 is 17.9 Å². The summed E-state index contributed by atoms with van der Waals surface area (Å²) in [6, 6.07) is 13.0. The molecule has 2 aromatic rings. The van der Waals surface area contributed by atoms with E-state index in [1.807, 2.05) is 19.1 Å². The van der Waals surface area contributed by atoms with Crippen molar-refractivity contribution in [1.82, 2.24) is 4.90 Å². The fraction of sp³-hybridized carbons (Fsp3) is 0.118. The van der Waals surface area contributed by atoms with Crippen molar-refractivity contribution in [2.75, 3.05) is 0 Å². The lowest BCUT2D eigenvalue weighted by atomic mass is 10.0. The minimum absolute atomic E-state index is 0.350. The summed E-state index contributed by atoms with van der Waals surface area (Å²) in [6.07, 6.45) is 0.643. The second kappa shape index (κ2) is 4.98. The number of amides is 2. The van der Waals surface area contributed by atoms with Gasteiger partial charge in [-0.2, -0.15) is 0 Å². The zero-order valence-electron chi connectivity index (χ0n) is 11.4. The number of aldehydes is 1. The second-order valence-corrected chi connectivity index (χ2v) is 4.96. The summed E-state index contributed by atoms with van der Waals surface area (Å²) in [5.74, 6) is -0.841. The lowest BCUT2D eigenvalue weighted by molar-refractivity contribution is -0.111. The molecule has 0 saturated heterocycles. The minimum atomic E-state index is -0.890. The lowest BCUT2D eigenvalue weighted by Gasteiger charge is -2.23. The number of carbonyl (C=O) groups is 3. The molecule has 2 aromatic carbocycles. The molecular formula is C17H13NO3. The summed E-state index contributed by atoms with van der Waals surface area (Å²) in [4.78, 5) is 37.5. The summed E-state index contributed by atoms with van der Waals surface area (Å²) >= 11 is 0. The molecule has 1 heterocycles. The molecule has 1 unspecified atom stereocenters. The van der Waals surface area contributed by atoms with Gasteiger partial charge in [-0.25, -0.2) is 0 Å². The maximum atomic E-state index is 12.4. The molecular weight excluding hydrogens is 266 g/mol. The summed E-state index contributed by atoms with van der Waals surface area (Å²) in [5, 5.41) is 0. The smallest absolute Gasteiger partial charge is 0.262 e. The first-order valence-electron chi connectivity index (χ1n) is 6.63. The van der Waals surface area contributed by atoms with Crippen LogP contribution in [0, 0.1) is 6.92 Å². The largest absolute Gasteiger partial charge is 0.301 e. The van der Waals surface area contributed by atoms with E-state index in [1.165, 1.54) is 0 Å². The van der Waals surface area contributed by atoms with Crippen molar-refractivity contribution < 1.29 is 14.4 Å². The van der Waals surface area contributed by atoms with Gasteiger partial charge < -0.3 is 4.79 Å². The van der Waals surface area contributed by atoms with Crippen molar-refractivity contribution in [3.8, 4) is 0 Å². The molecule has 0 bridgehead atoms. The maximum absolute atomic E-state index is 12.4. The third-order valence-corrected chi connectivity index (χ3v) is 3.74. The highest BCUT2D eigenvalue weighted by Crippen LogP contribution is 2.31. The normalized spacial score (nSPS) is 15.0. The number of benzene rings is 2. The third kappa shape index (κ3) is 1.96. The quantitative estimate of drug-likeness (QED) is 0.641. The van der Waals surface area contributed by atoms with Crippen LogP contribution in [0.4, 0.5) is 0 Å². The SMILES string of the molecule is Cc1ccccc1C(C=O)N1C(=O)c2ccccc2C1=O. The van der Waals surface area contributed by atoms with Crippen LogP contribution in [0.5, 0.6) is 0 Å². The molecule has 1 aliphatic rings. The van der Waals surface area contributed by atoms with Gasteiger partial charge in [-0.3, -0.25) is 14.5 Å². The summed E-state index contributed by atoms with van der Waals surface area (Å²) in [5.41, 5.74) is 2.24. The van der Waals surface area contributed by atoms with Crippen LogP contribution in [0.1, 0.15) is 37.9 Å². The molecule has 0 spiro atoms. The van der Waals surface area contributed by atoms with Crippen molar-refractivity contribution in [3.05, 3.63) is 70.8 Å². The molecule has 21 heavy (non-hydrogen) atoms. The molecule has 0 aliphatic carbocycles. The minimum Gasteiger partial charge on any atom is -0.301 e. The number of aryl methyl sites for hydroxylation is 1. The maximum Gasteiger partial charge on any atom is 0.262 e. The average Bonchev–Trinajstić information content (AvgIpc) is 2.76. The number of hydrogen-bond acceptors (Lipinski definition) is 3. The van der Waals surface area contributed by atoms with Crippen LogP contribution in [0.3, 0.4) is 0 Å². The van der Waals surface area contributed by atoms with Crippen LogP contribution in [0.2, 0.25) is 0 Å². The molecule has 3 rings (SSSR count). The van der Waals surface area contributed by atoms with Crippen LogP contribution in [-0.2, 0) is 4.79 Å². The zero-order chi connectivity index (χ0) is 15.0. The molecule has 1 atom stereocenters. The predicted molar refractivity (Wildman–Crippen MR) is 76.9 cm³/mol. The van der Waals surface area contributed by atoms with E-state index in [-0.39, 0.29) is 0 Å². The number of hydrogen-bond donors (Lipinski definition) is 0. The monoisotopic (exact) mass is 279 g/mol. The Kier molecular flexibility index (Phi) is 3.14. The van der Waals surface area contributed by atoms with Crippen LogP contribution in [0.25, 0.3) is 0 Å². The van der Waals surface area contributed by atoms with Gasteiger partial charge in [0.1, 0.15) is 12.3 Å². The van der Waals surface area contributed by atoms with Gasteiger partial charge in [0, 0.05) is 0 Å². The van der Waals surface area contributed by atoms with E-state index in [0.29, 0.717) is 23.0 Å². The highest BCUT2D eigenvalue weighted by molar-refractivity contribution is 6.22. The van der Waals surface area contributed by atoms with Gasteiger partial charge in [0.25, 0.3) is 11.8 Å². The third-order valence-electron chi connectivity index (χ3n) is 3.74. The van der Waals surface area contributed by atoms with E-state index in [9.17, 15) is 14.4 Å². The first-order chi connectivity index (χ1) is 10.1. The van der Waals surface area contributed by atoms with Gasteiger partial charge in [-0.05, 0) is 30.2 Å². The summed E-state index contributed by atoms with van der Waals surface area (Å²) in [6.45, 7) is 1.85. The zero-order valence-corrected chi connectivity index (χ0v) is 11.4. The molecule has 0 N–H and O–H groups in total. The molecule has 0 aromatic heterocycles. The van der Waals surface area contributed by atoms with Crippen LogP contribution in [-0.4, -0.2) is 23.0 Å². The first-order valence-corrected chi connectivity index (χ1v) is 6.63. The van der Waals surface area contributed by atoms with Gasteiger partial charge in [0.15, 0.2) is 0 Å². The van der Waals surface area contributed by atoms with Crippen LogP contribution < -0.4 is 0 Å². The Balaban J connectivity index is 2.09. The number of nitrogens with zero attached hydrogens (tertiary/aromatic N) is 1. The highest BCUT2D eigenvalue weighted by Gasteiger charge is 2.40. The number of rotatable bonds is 3. The topological polar surface area (TPSA) is 54.5 Å². The molecule has 0 radical (unpaired) electrons. The average molecular weight is 279 g/mol. The number of fused-ring (bicyclic) bond motifs is 1. The van der Waals surface area contributed by atoms with E-state index >= 15 is 0 Å². The highest BCUT2D eigenvalue weighted by atomic mass is 16.2. The van der Waals surface area contributed by atoms with Gasteiger partial charge in [0.2, 0.25) is 0 Å². The Morgan fingerprint density at radius 1 is 0.905 bits per heavy atom. The van der Waals surface area contributed by atoms with E-state index in [1.54, 1.807) is 36.4 Å². The molecule has 1 aliphatic heterocycles. The van der Waals surface area contributed by atoms with Crippen molar-refractivity contribution in [2.24, 2.45) is 0 Å². The molecule has 2 amide bonds. The Morgan fingerprint density at radius 2 is 1.43 bits per heavy atom. The van der Waals surface area contributed by atoms with Gasteiger partial charge in [0.05, 0.1) is 11.1 Å². The molecule has 0 saturated carbocycles. The van der Waals surface area contributed by atoms with Crippen molar-refractivity contribution in [1.29, 1.82) is 0 Å². The Morgan fingerprint density at radius 3 is 1.95 bits per heavy atom. The Hall–Kier alpha value is -2.75. The van der Waals surface area contributed by atoms with E-state index in [4.69, 9.17) is 0 Å². The van der Waals surface area contributed by atoms with E-state index in [2.05, 4.69) is 0 Å². The van der Waals surface area contributed by atoms with Gasteiger partial charge in [-0.15, -0.1) is 0 Å². The van der Waals surface area contributed by atoms with Crippen LogP contribution >= 0.6 is 0 Å². The number of imide groups is 1. The fourth-order valence-corrected chi connectivity index (χ4v) is 2.65. The molecule has 4 nitrogen and oxygen atoms in total. The summed E-state index contributed by atoms with van der Waals surface area (Å²) in [7, 11) is 0. The molecule has 104 valence electrons. The van der Waals surface area contributed by atoms with Crippen molar-refractivity contribution in [2.45, 2.75) is 13.0 Å². The standard InChI is InChI=1S/C17H13NO3/c1-11-6-2-3-7-12(11)15(10-19)18-16(20)13-8-4-5-9-14(13)17(18)21/h2-10,15H,1H3. The molecule has 0 fully saturated rings. The van der Waals surface area contributed by atoms with Gasteiger partial charge in [-0.1, -0.05) is 36.4 Å². The second-order valence-electron chi connectivity index (χ2n) is 4.96. The van der Waals surface area contributed by atoms with Gasteiger partial charge >= 0.3 is 0 Å². The number of carbonyl (C=O) groups excluding carboxylic acids is 3. The Bertz CT molecular complexity index is 716. The summed E-state index contributed by atoms with van der Waals surface area (Å²) < 4.78 is 0. The Labute approximate surface area is 122 Å². The van der Waals surface area contributed by atoms with Crippen molar-refractivity contribution in [3.63, 3.8) is 0 Å². The fourth-order valence-electron chi connectivity index (χ4n) is 2.65. The molecule has 4 heteroatoms. The first kappa shape index (κ1) is 13.2.